The lowest BCUT2D eigenvalue weighted by molar-refractivity contribution is 0.0982. The number of anilines is 1. The number of thiazole rings is 1. The highest BCUT2D eigenvalue weighted by atomic mass is 32.1. The Hall–Kier alpha value is -3.84. The van der Waals surface area contributed by atoms with Crippen molar-refractivity contribution in [1.82, 2.24) is 9.97 Å². The van der Waals surface area contributed by atoms with Gasteiger partial charge in [-0.3, -0.25) is 14.7 Å². The fourth-order valence-corrected chi connectivity index (χ4v) is 4.57. The second kappa shape index (κ2) is 8.36. The number of nitrogens with zero attached hydrogens (tertiary/aromatic N) is 3. The first-order chi connectivity index (χ1) is 15.6. The van der Waals surface area contributed by atoms with Gasteiger partial charge in [-0.15, -0.1) is 0 Å². The number of pyridine rings is 1. The Balaban J connectivity index is 1.64. The quantitative estimate of drug-likeness (QED) is 0.342. The number of carbonyl (C=O) groups excluding carboxylic acids is 1. The normalized spacial score (nSPS) is 11.1. The minimum atomic E-state index is -0.341. The van der Waals surface area contributed by atoms with E-state index in [4.69, 9.17) is 4.74 Å². The number of methoxy groups -OCH3 is 1. The van der Waals surface area contributed by atoms with Crippen molar-refractivity contribution < 1.29 is 13.9 Å². The lowest BCUT2D eigenvalue weighted by Gasteiger charge is -2.21. The summed E-state index contributed by atoms with van der Waals surface area (Å²) in [5.41, 5.74) is 1.77. The number of hydrogen-bond acceptors (Lipinski definition) is 5. The van der Waals surface area contributed by atoms with Gasteiger partial charge in [0, 0.05) is 6.20 Å². The second-order valence-corrected chi connectivity index (χ2v) is 8.23. The molecule has 0 aliphatic heterocycles. The van der Waals surface area contributed by atoms with Gasteiger partial charge < -0.3 is 4.74 Å². The molecule has 0 aliphatic rings. The summed E-state index contributed by atoms with van der Waals surface area (Å²) in [4.78, 5) is 24.4. The molecule has 5 aromatic rings. The Kier molecular flexibility index (Phi) is 5.25. The second-order valence-electron chi connectivity index (χ2n) is 7.22. The van der Waals surface area contributed by atoms with E-state index in [1.54, 1.807) is 24.3 Å². The predicted octanol–water partition coefficient (Wildman–Crippen LogP) is 5.84. The number of rotatable bonds is 5. The van der Waals surface area contributed by atoms with Crippen LogP contribution in [0.15, 0.2) is 79.0 Å². The van der Waals surface area contributed by atoms with E-state index in [-0.39, 0.29) is 18.3 Å². The lowest BCUT2D eigenvalue weighted by Crippen LogP contribution is -2.31. The fourth-order valence-electron chi connectivity index (χ4n) is 3.58. The molecule has 2 heterocycles. The molecule has 5 nitrogen and oxygen atoms in total. The van der Waals surface area contributed by atoms with Gasteiger partial charge in [0.05, 0.1) is 35.1 Å². The maximum atomic E-state index is 13.8. The van der Waals surface area contributed by atoms with Gasteiger partial charge in [0.2, 0.25) is 0 Å². The van der Waals surface area contributed by atoms with Crippen LogP contribution in [-0.2, 0) is 6.54 Å². The molecule has 0 radical (unpaired) electrons. The third-order valence-corrected chi connectivity index (χ3v) is 6.20. The van der Waals surface area contributed by atoms with Crippen molar-refractivity contribution in [3.8, 4) is 5.75 Å². The van der Waals surface area contributed by atoms with Crippen molar-refractivity contribution in [3.63, 3.8) is 0 Å². The summed E-state index contributed by atoms with van der Waals surface area (Å²) in [5.74, 6) is -0.129. The lowest BCUT2D eigenvalue weighted by atomic mass is 10.0. The van der Waals surface area contributed by atoms with Crippen LogP contribution in [0.3, 0.4) is 0 Å². The fraction of sp³-hybridized carbons (Fsp3) is 0.0800. The maximum absolute atomic E-state index is 13.8. The molecule has 0 saturated carbocycles. The third-order valence-electron chi connectivity index (χ3n) is 5.16. The molecule has 0 aliphatic carbocycles. The van der Waals surface area contributed by atoms with Crippen molar-refractivity contribution in [3.05, 3.63) is 96.1 Å². The number of ether oxygens (including phenoxy) is 1. The van der Waals surface area contributed by atoms with Crippen molar-refractivity contribution in [2.75, 3.05) is 12.0 Å². The molecule has 3 aromatic carbocycles. The highest BCUT2D eigenvalue weighted by molar-refractivity contribution is 7.22. The van der Waals surface area contributed by atoms with E-state index in [0.29, 0.717) is 32.4 Å². The van der Waals surface area contributed by atoms with Crippen LogP contribution in [0.1, 0.15) is 16.1 Å². The van der Waals surface area contributed by atoms with Gasteiger partial charge in [-0.25, -0.2) is 9.37 Å². The van der Waals surface area contributed by atoms with Gasteiger partial charge in [0.25, 0.3) is 5.91 Å². The van der Waals surface area contributed by atoms with Crippen LogP contribution in [0.25, 0.3) is 21.0 Å². The largest absolute Gasteiger partial charge is 0.496 e. The molecule has 0 fully saturated rings. The minimum Gasteiger partial charge on any atom is -0.496 e. The topological polar surface area (TPSA) is 55.3 Å². The first kappa shape index (κ1) is 20.1. The summed E-state index contributed by atoms with van der Waals surface area (Å²) >= 11 is 1.26. The van der Waals surface area contributed by atoms with E-state index < -0.39 is 0 Å². The van der Waals surface area contributed by atoms with E-state index in [0.717, 1.165) is 10.8 Å². The van der Waals surface area contributed by atoms with Crippen LogP contribution in [0.2, 0.25) is 0 Å². The minimum absolute atomic E-state index is 0.220. The molecule has 0 N–H and O–H groups in total. The number of aromatic nitrogens is 2. The van der Waals surface area contributed by atoms with Crippen LogP contribution in [0.5, 0.6) is 5.75 Å². The van der Waals surface area contributed by atoms with E-state index in [2.05, 4.69) is 9.97 Å². The molecule has 32 heavy (non-hydrogen) atoms. The van der Waals surface area contributed by atoms with Gasteiger partial charge in [-0.1, -0.05) is 41.7 Å². The van der Waals surface area contributed by atoms with Crippen molar-refractivity contribution in [2.45, 2.75) is 6.54 Å². The smallest absolute Gasteiger partial charge is 0.264 e. The summed E-state index contributed by atoms with van der Waals surface area (Å²) in [6.07, 6.45) is 1.68. The number of hydrogen-bond donors (Lipinski definition) is 0. The molecular weight excluding hydrogens is 425 g/mol. The molecule has 7 heteroatoms. The molecule has 1 amide bonds. The average molecular weight is 444 g/mol. The number of amides is 1. The van der Waals surface area contributed by atoms with Crippen LogP contribution < -0.4 is 9.64 Å². The summed E-state index contributed by atoms with van der Waals surface area (Å²) in [5, 5.41) is 2.38. The van der Waals surface area contributed by atoms with Crippen LogP contribution >= 0.6 is 11.3 Å². The van der Waals surface area contributed by atoms with Gasteiger partial charge in [-0.05, 0) is 53.2 Å². The zero-order valence-electron chi connectivity index (χ0n) is 17.2. The number of fused-ring (bicyclic) bond motifs is 2. The van der Waals surface area contributed by atoms with Crippen molar-refractivity contribution in [2.24, 2.45) is 0 Å². The van der Waals surface area contributed by atoms with Crippen LogP contribution in [-0.4, -0.2) is 23.0 Å². The molecule has 5 rings (SSSR count). The van der Waals surface area contributed by atoms with Crippen molar-refractivity contribution in [1.29, 1.82) is 0 Å². The first-order valence-corrected chi connectivity index (χ1v) is 10.8. The summed E-state index contributed by atoms with van der Waals surface area (Å²) in [6, 6.07) is 21.4. The average Bonchev–Trinajstić information content (AvgIpc) is 3.24. The molecular formula is C25H18FN3O2S. The molecule has 0 atom stereocenters. The molecule has 0 saturated heterocycles. The molecule has 2 aromatic heterocycles. The zero-order chi connectivity index (χ0) is 22.1. The summed E-state index contributed by atoms with van der Waals surface area (Å²) in [6.45, 7) is 0.220. The number of carbonyl (C=O) groups is 1. The molecule has 0 spiro atoms. The van der Waals surface area contributed by atoms with Gasteiger partial charge in [0.15, 0.2) is 5.13 Å². The predicted molar refractivity (Wildman–Crippen MR) is 125 cm³/mol. The van der Waals surface area contributed by atoms with Crippen molar-refractivity contribution >= 4 is 43.4 Å². The van der Waals surface area contributed by atoms with E-state index in [1.807, 2.05) is 54.6 Å². The standard InChI is InChI=1S/C25H18FN3O2S/c1-31-22-13-17-7-3-2-6-16(17)12-20(22)24(30)29(15-19-8-4-5-11-27-19)25-28-21-10-9-18(26)14-23(21)32-25/h2-14H,15H2,1H3. The maximum Gasteiger partial charge on any atom is 0.264 e. The van der Waals surface area contributed by atoms with E-state index >= 15 is 0 Å². The Morgan fingerprint density at radius 3 is 2.56 bits per heavy atom. The Morgan fingerprint density at radius 2 is 1.81 bits per heavy atom. The molecule has 0 unspecified atom stereocenters. The third kappa shape index (κ3) is 3.78. The SMILES string of the molecule is COc1cc2ccccc2cc1C(=O)N(Cc1ccccn1)c1nc2ccc(F)cc2s1. The molecule has 158 valence electrons. The van der Waals surface area contributed by atoms with Crippen LogP contribution in [0.4, 0.5) is 9.52 Å². The Morgan fingerprint density at radius 1 is 1.03 bits per heavy atom. The summed E-state index contributed by atoms with van der Waals surface area (Å²) in [7, 11) is 1.55. The van der Waals surface area contributed by atoms with E-state index in [1.165, 1.54) is 23.5 Å². The number of halogens is 1. The monoisotopic (exact) mass is 443 g/mol. The zero-order valence-corrected chi connectivity index (χ0v) is 18.0. The number of benzene rings is 3. The van der Waals surface area contributed by atoms with Gasteiger partial charge in [-0.2, -0.15) is 0 Å². The highest BCUT2D eigenvalue weighted by Crippen LogP contribution is 2.33. The Labute approximate surface area is 187 Å². The summed E-state index contributed by atoms with van der Waals surface area (Å²) < 4.78 is 20.0. The van der Waals surface area contributed by atoms with Gasteiger partial charge >= 0.3 is 0 Å². The van der Waals surface area contributed by atoms with Gasteiger partial charge in [0.1, 0.15) is 11.6 Å². The van der Waals surface area contributed by atoms with E-state index in [9.17, 15) is 9.18 Å². The first-order valence-electron chi connectivity index (χ1n) is 9.97. The highest BCUT2D eigenvalue weighted by Gasteiger charge is 2.25. The van der Waals surface area contributed by atoms with Crippen LogP contribution in [0, 0.1) is 5.82 Å². The molecule has 0 bridgehead atoms. The Bertz CT molecular complexity index is 1440.